The van der Waals surface area contributed by atoms with Crippen LogP contribution in [0.1, 0.15) is 29.3 Å². The molecule has 0 spiro atoms. The zero-order valence-electron chi connectivity index (χ0n) is 13.1. The number of hydrogen-bond acceptors (Lipinski definition) is 4. The summed E-state index contributed by atoms with van der Waals surface area (Å²) in [4.78, 5) is 18.6. The highest BCUT2D eigenvalue weighted by Gasteiger charge is 2.26. The molecule has 0 aliphatic carbocycles. The van der Waals surface area contributed by atoms with E-state index in [-0.39, 0.29) is 30.2 Å². The van der Waals surface area contributed by atoms with Gasteiger partial charge in [-0.15, -0.1) is 17.5 Å². The van der Waals surface area contributed by atoms with Crippen molar-refractivity contribution in [3.05, 3.63) is 39.9 Å². The van der Waals surface area contributed by atoms with E-state index in [1.807, 2.05) is 0 Å². The molecule has 1 aromatic heterocycles. The summed E-state index contributed by atoms with van der Waals surface area (Å²) >= 11 is 12.4. The lowest BCUT2D eigenvalue weighted by Crippen LogP contribution is -2.43. The summed E-state index contributed by atoms with van der Waals surface area (Å²) in [5, 5.41) is 5.21. The van der Waals surface area contributed by atoms with E-state index in [9.17, 15) is 4.79 Å². The minimum atomic E-state index is -0.193. The van der Waals surface area contributed by atoms with Crippen LogP contribution in [0.2, 0.25) is 10.0 Å². The molecule has 0 bridgehead atoms. The molecule has 2 aromatic rings. The number of carbonyl (C=O) groups excluding carboxylic acids is 1. The first-order chi connectivity index (χ1) is 11.0. The van der Waals surface area contributed by atoms with Gasteiger partial charge in [-0.1, -0.05) is 29.3 Å². The second kappa shape index (κ2) is 7.70. The highest BCUT2D eigenvalue weighted by Crippen LogP contribution is 2.28. The summed E-state index contributed by atoms with van der Waals surface area (Å²) in [6, 6.07) is 5.35. The fraction of sp³-hybridized carbons (Fsp3) is 0.400. The van der Waals surface area contributed by atoms with E-state index in [2.05, 4.69) is 10.1 Å². The number of piperidine rings is 1. The third kappa shape index (κ3) is 3.67. The molecule has 24 heavy (non-hydrogen) atoms. The van der Waals surface area contributed by atoms with Gasteiger partial charge in [-0.3, -0.25) is 4.79 Å². The van der Waals surface area contributed by atoms with Crippen molar-refractivity contribution < 1.29 is 4.79 Å². The summed E-state index contributed by atoms with van der Waals surface area (Å²) < 4.78 is 1.51. The van der Waals surface area contributed by atoms with Crippen molar-refractivity contribution in [3.63, 3.8) is 0 Å². The number of para-hydroxylation sites is 1. The summed E-state index contributed by atoms with van der Waals surface area (Å²) in [6.45, 7) is 3.01. The Morgan fingerprint density at radius 1 is 1.25 bits per heavy atom. The lowest BCUT2D eigenvalue weighted by atomic mass is 10.1. The van der Waals surface area contributed by atoms with Crippen molar-refractivity contribution in [2.75, 3.05) is 13.1 Å². The van der Waals surface area contributed by atoms with Crippen LogP contribution in [0.3, 0.4) is 0 Å². The van der Waals surface area contributed by atoms with Crippen LogP contribution >= 0.6 is 35.6 Å². The van der Waals surface area contributed by atoms with E-state index in [0.29, 0.717) is 34.6 Å². The summed E-state index contributed by atoms with van der Waals surface area (Å²) in [5.74, 6) is 0.507. The van der Waals surface area contributed by atoms with Crippen LogP contribution in [-0.4, -0.2) is 44.7 Å². The second-order valence-electron chi connectivity index (χ2n) is 5.59. The average Bonchev–Trinajstić information content (AvgIpc) is 2.89. The Hall–Kier alpha value is -1.34. The van der Waals surface area contributed by atoms with Crippen LogP contribution in [0.25, 0.3) is 5.69 Å². The van der Waals surface area contributed by atoms with E-state index in [4.69, 9.17) is 28.9 Å². The van der Waals surface area contributed by atoms with Crippen molar-refractivity contribution in [1.29, 1.82) is 0 Å². The van der Waals surface area contributed by atoms with Gasteiger partial charge in [0.2, 0.25) is 5.82 Å². The molecule has 2 heterocycles. The predicted molar refractivity (Wildman–Crippen MR) is 96.5 cm³/mol. The summed E-state index contributed by atoms with van der Waals surface area (Å²) in [7, 11) is 0. The summed E-state index contributed by atoms with van der Waals surface area (Å²) in [5.41, 5.74) is 6.40. The molecule has 1 amide bonds. The Labute approximate surface area is 156 Å². The molecule has 130 valence electrons. The Bertz CT molecular complexity index is 720. The molecule has 0 saturated carbocycles. The molecule has 1 saturated heterocycles. The minimum absolute atomic E-state index is 0. The number of hydrogen-bond donors (Lipinski definition) is 1. The molecule has 1 aliphatic rings. The Morgan fingerprint density at radius 3 is 2.42 bits per heavy atom. The Kier molecular flexibility index (Phi) is 6.09. The van der Waals surface area contributed by atoms with Gasteiger partial charge in [0.25, 0.3) is 5.91 Å². The summed E-state index contributed by atoms with van der Waals surface area (Å²) in [6.07, 6.45) is 1.59. The number of halogens is 3. The molecule has 6 nitrogen and oxygen atoms in total. The van der Waals surface area contributed by atoms with Gasteiger partial charge in [0, 0.05) is 19.1 Å². The maximum Gasteiger partial charge on any atom is 0.293 e. The zero-order chi connectivity index (χ0) is 16.6. The SMILES string of the molecule is Cc1nc(C(=O)N2CCC(N)CC2)nn1-c1c(Cl)cccc1Cl.Cl. The standard InChI is InChI=1S/C15H17Cl2N5O.ClH/c1-9-19-14(15(23)21-7-5-10(18)6-8-21)20-22(9)13-11(16)3-2-4-12(13)17;/h2-4,10H,5-8,18H2,1H3;1H. The first kappa shape index (κ1) is 19.0. The molecule has 0 atom stereocenters. The first-order valence-corrected chi connectivity index (χ1v) is 8.16. The van der Waals surface area contributed by atoms with Gasteiger partial charge < -0.3 is 10.6 Å². The van der Waals surface area contributed by atoms with E-state index >= 15 is 0 Å². The minimum Gasteiger partial charge on any atom is -0.336 e. The van der Waals surface area contributed by atoms with Gasteiger partial charge in [-0.05, 0) is 31.9 Å². The van der Waals surface area contributed by atoms with Crippen LogP contribution in [0.4, 0.5) is 0 Å². The number of likely N-dealkylation sites (tertiary alicyclic amines) is 1. The molecule has 1 aliphatic heterocycles. The predicted octanol–water partition coefficient (Wildman–Crippen LogP) is 2.87. The van der Waals surface area contributed by atoms with Gasteiger partial charge in [-0.25, -0.2) is 9.67 Å². The Morgan fingerprint density at radius 2 is 1.83 bits per heavy atom. The third-order valence-corrected chi connectivity index (χ3v) is 4.55. The number of rotatable bonds is 2. The zero-order valence-corrected chi connectivity index (χ0v) is 15.4. The lowest BCUT2D eigenvalue weighted by Gasteiger charge is -2.29. The van der Waals surface area contributed by atoms with Crippen LogP contribution < -0.4 is 5.73 Å². The maximum atomic E-state index is 12.6. The van der Waals surface area contributed by atoms with Crippen LogP contribution in [0.5, 0.6) is 0 Å². The van der Waals surface area contributed by atoms with Gasteiger partial charge >= 0.3 is 0 Å². The Balaban J connectivity index is 0.00000208. The highest BCUT2D eigenvalue weighted by atomic mass is 35.5. The van der Waals surface area contributed by atoms with E-state index < -0.39 is 0 Å². The van der Waals surface area contributed by atoms with Crippen molar-refractivity contribution >= 4 is 41.5 Å². The van der Waals surface area contributed by atoms with Crippen LogP contribution in [0, 0.1) is 6.92 Å². The largest absolute Gasteiger partial charge is 0.336 e. The molecule has 9 heteroatoms. The number of aryl methyl sites for hydroxylation is 1. The number of carbonyl (C=O) groups is 1. The number of aromatic nitrogens is 3. The van der Waals surface area contributed by atoms with Gasteiger partial charge in [0.1, 0.15) is 11.5 Å². The molecule has 1 aromatic carbocycles. The van der Waals surface area contributed by atoms with Crippen LogP contribution in [-0.2, 0) is 0 Å². The molecular weight excluding hydrogens is 373 g/mol. The number of benzene rings is 1. The van der Waals surface area contributed by atoms with Crippen molar-refractivity contribution in [1.82, 2.24) is 19.7 Å². The topological polar surface area (TPSA) is 77.0 Å². The fourth-order valence-electron chi connectivity index (χ4n) is 2.63. The molecule has 0 unspecified atom stereocenters. The molecule has 0 radical (unpaired) electrons. The number of nitrogens with two attached hydrogens (primary N) is 1. The molecule has 3 rings (SSSR count). The number of amides is 1. The van der Waals surface area contributed by atoms with Gasteiger partial charge in [0.05, 0.1) is 10.0 Å². The molecule has 1 fully saturated rings. The van der Waals surface area contributed by atoms with E-state index in [1.165, 1.54) is 4.68 Å². The van der Waals surface area contributed by atoms with Gasteiger partial charge in [0.15, 0.2) is 0 Å². The monoisotopic (exact) mass is 389 g/mol. The maximum absolute atomic E-state index is 12.6. The highest BCUT2D eigenvalue weighted by molar-refractivity contribution is 6.37. The van der Waals surface area contributed by atoms with Crippen LogP contribution in [0.15, 0.2) is 18.2 Å². The van der Waals surface area contributed by atoms with E-state index in [0.717, 1.165) is 12.8 Å². The first-order valence-electron chi connectivity index (χ1n) is 7.40. The normalized spacial score (nSPS) is 15.2. The molecule has 2 N–H and O–H groups in total. The van der Waals surface area contributed by atoms with Crippen molar-refractivity contribution in [2.24, 2.45) is 5.73 Å². The fourth-order valence-corrected chi connectivity index (χ4v) is 3.19. The number of nitrogens with zero attached hydrogens (tertiary/aromatic N) is 4. The molecular formula is C15H18Cl3N5O. The quantitative estimate of drug-likeness (QED) is 0.855. The van der Waals surface area contributed by atoms with Crippen molar-refractivity contribution in [2.45, 2.75) is 25.8 Å². The van der Waals surface area contributed by atoms with Crippen molar-refractivity contribution in [3.8, 4) is 5.69 Å². The third-order valence-electron chi connectivity index (χ3n) is 3.94. The second-order valence-corrected chi connectivity index (χ2v) is 6.41. The average molecular weight is 391 g/mol. The van der Waals surface area contributed by atoms with Gasteiger partial charge in [-0.2, -0.15) is 0 Å². The lowest BCUT2D eigenvalue weighted by molar-refractivity contribution is 0.0702. The van der Waals surface area contributed by atoms with E-state index in [1.54, 1.807) is 30.0 Å². The smallest absolute Gasteiger partial charge is 0.293 e.